The Morgan fingerprint density at radius 1 is 1.38 bits per heavy atom. The van der Waals surface area contributed by atoms with Gasteiger partial charge in [0.2, 0.25) is 0 Å². The van der Waals surface area contributed by atoms with Gasteiger partial charge in [0, 0.05) is 6.04 Å². The third-order valence-corrected chi connectivity index (χ3v) is 4.13. The van der Waals surface area contributed by atoms with E-state index in [1.807, 2.05) is 25.1 Å². The van der Waals surface area contributed by atoms with Crippen molar-refractivity contribution in [3.63, 3.8) is 0 Å². The van der Waals surface area contributed by atoms with Crippen LogP contribution in [-0.2, 0) is 0 Å². The van der Waals surface area contributed by atoms with Crippen LogP contribution < -0.4 is 0 Å². The average Bonchev–Trinajstić information content (AvgIpc) is 2.48. The minimum absolute atomic E-state index is 0.156. The van der Waals surface area contributed by atoms with E-state index in [1.54, 1.807) is 6.07 Å². The summed E-state index contributed by atoms with van der Waals surface area (Å²) in [5, 5.41) is 0. The molecule has 1 nitrogen and oxygen atoms in total. The number of hydrogen-bond acceptors (Lipinski definition) is 1. The van der Waals surface area contributed by atoms with Crippen LogP contribution in [0.4, 0.5) is 4.39 Å². The summed E-state index contributed by atoms with van der Waals surface area (Å²) in [4.78, 5) is 2.33. The maximum Gasteiger partial charge on any atom is 0.126 e. The van der Waals surface area contributed by atoms with Crippen molar-refractivity contribution in [1.29, 1.82) is 0 Å². The third-order valence-electron chi connectivity index (χ3n) is 4.13. The molecule has 0 spiro atoms. The van der Waals surface area contributed by atoms with Crippen LogP contribution in [0.2, 0.25) is 0 Å². The van der Waals surface area contributed by atoms with Crippen LogP contribution in [0.15, 0.2) is 36.4 Å². The molecular weight excluding hydrogens is 261 g/mol. The van der Waals surface area contributed by atoms with Gasteiger partial charge in [-0.05, 0) is 62.7 Å². The molecule has 0 saturated carbocycles. The quantitative estimate of drug-likeness (QED) is 0.469. The maximum atomic E-state index is 13.6. The molecule has 0 heterocycles. The molecule has 2 heteroatoms. The lowest BCUT2D eigenvalue weighted by molar-refractivity contribution is 0.284. The highest BCUT2D eigenvalue weighted by Gasteiger charge is 2.12. The zero-order valence-corrected chi connectivity index (χ0v) is 13.8. The molecule has 21 heavy (non-hydrogen) atoms. The summed E-state index contributed by atoms with van der Waals surface area (Å²) in [7, 11) is 2.14. The van der Waals surface area contributed by atoms with Crippen LogP contribution in [-0.4, -0.2) is 24.5 Å². The SMILES string of the molecule is C=C/C(=C\c1cccc(F)c1C)C(C)N(C)CCCCC. The predicted octanol–water partition coefficient (Wildman–Crippen LogP) is 5.21. The molecule has 1 aromatic rings. The molecule has 0 aromatic heterocycles. The Hall–Kier alpha value is -1.41. The molecule has 0 saturated heterocycles. The highest BCUT2D eigenvalue weighted by Crippen LogP contribution is 2.19. The van der Waals surface area contributed by atoms with E-state index < -0.39 is 0 Å². The van der Waals surface area contributed by atoms with Gasteiger partial charge in [-0.3, -0.25) is 4.90 Å². The second-order valence-corrected chi connectivity index (χ2v) is 5.67. The summed E-state index contributed by atoms with van der Waals surface area (Å²) in [6.45, 7) is 11.2. The largest absolute Gasteiger partial charge is 0.300 e. The van der Waals surface area contributed by atoms with E-state index >= 15 is 0 Å². The van der Waals surface area contributed by atoms with E-state index in [9.17, 15) is 4.39 Å². The normalized spacial score (nSPS) is 13.5. The van der Waals surface area contributed by atoms with Crippen LogP contribution in [0.5, 0.6) is 0 Å². The lowest BCUT2D eigenvalue weighted by atomic mass is 10.0. The summed E-state index contributed by atoms with van der Waals surface area (Å²) < 4.78 is 13.6. The van der Waals surface area contributed by atoms with Crippen molar-refractivity contribution < 1.29 is 4.39 Å². The minimum atomic E-state index is -0.156. The number of halogens is 1. The van der Waals surface area contributed by atoms with E-state index in [0.29, 0.717) is 5.56 Å². The Morgan fingerprint density at radius 2 is 2.10 bits per heavy atom. The van der Waals surface area contributed by atoms with Crippen LogP contribution >= 0.6 is 0 Å². The number of benzene rings is 1. The number of rotatable bonds is 8. The zero-order valence-electron chi connectivity index (χ0n) is 13.8. The van der Waals surface area contributed by atoms with E-state index in [2.05, 4.69) is 32.4 Å². The first-order valence-electron chi connectivity index (χ1n) is 7.80. The van der Waals surface area contributed by atoms with E-state index in [-0.39, 0.29) is 11.9 Å². The molecule has 116 valence electrons. The highest BCUT2D eigenvalue weighted by atomic mass is 19.1. The zero-order chi connectivity index (χ0) is 15.8. The Balaban J connectivity index is 2.88. The van der Waals surface area contributed by atoms with Crippen molar-refractivity contribution in [2.24, 2.45) is 0 Å². The van der Waals surface area contributed by atoms with Gasteiger partial charge in [0.15, 0.2) is 0 Å². The Morgan fingerprint density at radius 3 is 2.71 bits per heavy atom. The van der Waals surface area contributed by atoms with E-state index in [1.165, 1.54) is 25.3 Å². The molecule has 0 radical (unpaired) electrons. The van der Waals surface area contributed by atoms with Gasteiger partial charge in [-0.1, -0.05) is 44.6 Å². The van der Waals surface area contributed by atoms with Crippen molar-refractivity contribution in [2.75, 3.05) is 13.6 Å². The first-order chi connectivity index (χ1) is 10.0. The van der Waals surface area contributed by atoms with Gasteiger partial charge in [0.1, 0.15) is 5.82 Å². The molecule has 1 atom stereocenters. The fourth-order valence-electron chi connectivity index (χ4n) is 2.37. The molecule has 1 rings (SSSR count). The summed E-state index contributed by atoms with van der Waals surface area (Å²) >= 11 is 0. The topological polar surface area (TPSA) is 3.24 Å². The highest BCUT2D eigenvalue weighted by molar-refractivity contribution is 5.60. The first kappa shape index (κ1) is 17.6. The second-order valence-electron chi connectivity index (χ2n) is 5.67. The average molecular weight is 289 g/mol. The molecule has 1 aromatic carbocycles. The van der Waals surface area contributed by atoms with Gasteiger partial charge in [-0.25, -0.2) is 4.39 Å². The van der Waals surface area contributed by atoms with Crippen molar-refractivity contribution in [1.82, 2.24) is 4.90 Å². The lowest BCUT2D eigenvalue weighted by Crippen LogP contribution is -2.31. The molecule has 0 aliphatic carbocycles. The maximum absolute atomic E-state index is 13.6. The van der Waals surface area contributed by atoms with Crippen LogP contribution in [0.25, 0.3) is 6.08 Å². The number of likely N-dealkylation sites (N-methyl/N-ethyl adjacent to an activating group) is 1. The summed E-state index contributed by atoms with van der Waals surface area (Å²) in [6, 6.07) is 5.48. The van der Waals surface area contributed by atoms with Gasteiger partial charge in [-0.15, -0.1) is 0 Å². The molecule has 0 N–H and O–H groups in total. The van der Waals surface area contributed by atoms with E-state index in [4.69, 9.17) is 0 Å². The fourth-order valence-corrected chi connectivity index (χ4v) is 2.37. The van der Waals surface area contributed by atoms with Crippen molar-refractivity contribution in [2.45, 2.75) is 46.1 Å². The molecule has 1 unspecified atom stereocenters. The van der Waals surface area contributed by atoms with Gasteiger partial charge >= 0.3 is 0 Å². The Bertz CT molecular complexity index is 490. The lowest BCUT2D eigenvalue weighted by Gasteiger charge is -2.26. The molecule has 0 amide bonds. The summed E-state index contributed by atoms with van der Waals surface area (Å²) in [5.41, 5.74) is 2.75. The first-order valence-corrected chi connectivity index (χ1v) is 7.80. The number of unbranched alkanes of at least 4 members (excludes halogenated alkanes) is 2. The molecule has 0 aliphatic rings. The van der Waals surface area contributed by atoms with Crippen LogP contribution in [0, 0.1) is 12.7 Å². The van der Waals surface area contributed by atoms with E-state index in [0.717, 1.165) is 17.7 Å². The molecule has 0 aliphatic heterocycles. The van der Waals surface area contributed by atoms with Crippen LogP contribution in [0.3, 0.4) is 0 Å². The molecular formula is C19H28FN. The van der Waals surface area contributed by atoms with Crippen molar-refractivity contribution >= 4 is 6.08 Å². The standard InChI is InChI=1S/C19H28FN/c1-6-8-9-13-21(5)16(4)17(7-2)14-18-11-10-12-19(20)15(18)3/h7,10-12,14,16H,2,6,8-9,13H2,1,3-5H3/b17-14+. The van der Waals surface area contributed by atoms with Gasteiger partial charge in [0.25, 0.3) is 0 Å². The molecule has 0 bridgehead atoms. The van der Waals surface area contributed by atoms with Crippen LogP contribution in [0.1, 0.15) is 44.2 Å². The van der Waals surface area contributed by atoms with Crippen molar-refractivity contribution in [3.8, 4) is 0 Å². The smallest absolute Gasteiger partial charge is 0.126 e. The second kappa shape index (κ2) is 8.78. The fraction of sp³-hybridized carbons (Fsp3) is 0.474. The summed E-state index contributed by atoms with van der Waals surface area (Å²) in [6.07, 6.45) is 7.63. The Labute approximate surface area is 129 Å². The monoisotopic (exact) mass is 289 g/mol. The van der Waals surface area contributed by atoms with Crippen molar-refractivity contribution in [3.05, 3.63) is 53.4 Å². The minimum Gasteiger partial charge on any atom is -0.300 e. The van der Waals surface area contributed by atoms with Gasteiger partial charge < -0.3 is 0 Å². The predicted molar refractivity (Wildman–Crippen MR) is 90.9 cm³/mol. The van der Waals surface area contributed by atoms with Gasteiger partial charge in [0.05, 0.1) is 0 Å². The number of hydrogen-bond donors (Lipinski definition) is 0. The Kier molecular flexibility index (Phi) is 7.38. The third kappa shape index (κ3) is 5.13. The summed E-state index contributed by atoms with van der Waals surface area (Å²) in [5.74, 6) is -0.156. The number of nitrogens with zero attached hydrogens (tertiary/aromatic N) is 1. The van der Waals surface area contributed by atoms with Gasteiger partial charge in [-0.2, -0.15) is 0 Å². The molecule has 0 fully saturated rings.